The van der Waals surface area contributed by atoms with E-state index in [-0.39, 0.29) is 18.2 Å². The number of Topliss-reactive ketones (excluding diaryl/α,β-unsaturated/α-hetero) is 1. The molecule has 0 aromatic heterocycles. The molecule has 2 nitrogen and oxygen atoms in total. The van der Waals surface area contributed by atoms with Crippen molar-refractivity contribution >= 4 is 5.78 Å². The zero-order chi connectivity index (χ0) is 17.6. The lowest BCUT2D eigenvalue weighted by Gasteiger charge is -2.23. The van der Waals surface area contributed by atoms with Crippen LogP contribution in [0.2, 0.25) is 0 Å². The van der Waals surface area contributed by atoms with Gasteiger partial charge in [-0.1, -0.05) is 48.9 Å². The van der Waals surface area contributed by atoms with E-state index in [1.54, 1.807) is 0 Å². The standard InChI is InChI=1S/C23H29NO.ClH/c1-18(2)24(16-19-9-5-3-6-10-19)17-23(25)22-14-13-20-11-7-4-8-12-21(20)15-22;/h3,5-6,9-10,13-15,18H,4,7-8,11-12,16-17H2,1-2H3;1H. The highest BCUT2D eigenvalue weighted by Gasteiger charge is 2.20. The number of nitrogens with one attached hydrogen (secondary N) is 1. The van der Waals surface area contributed by atoms with Gasteiger partial charge in [0.15, 0.2) is 0 Å². The second-order valence-corrected chi connectivity index (χ2v) is 7.62. The molecule has 3 rings (SSSR count). The molecule has 0 heterocycles. The highest BCUT2D eigenvalue weighted by Crippen LogP contribution is 2.21. The average molecular weight is 372 g/mol. The van der Waals surface area contributed by atoms with Crippen LogP contribution in [0.25, 0.3) is 0 Å². The molecule has 2 aromatic carbocycles. The number of rotatable bonds is 6. The third kappa shape index (κ3) is 5.43. The van der Waals surface area contributed by atoms with Crippen molar-refractivity contribution in [3.8, 4) is 0 Å². The Morgan fingerprint density at radius 1 is 0.962 bits per heavy atom. The van der Waals surface area contributed by atoms with Gasteiger partial charge in [0, 0.05) is 11.1 Å². The zero-order valence-electron chi connectivity index (χ0n) is 15.9. The van der Waals surface area contributed by atoms with E-state index in [0.717, 1.165) is 18.5 Å². The van der Waals surface area contributed by atoms with Gasteiger partial charge in [0.1, 0.15) is 13.1 Å². The van der Waals surface area contributed by atoms with Crippen LogP contribution in [0.15, 0.2) is 48.5 Å². The minimum atomic E-state index is 0. The predicted molar refractivity (Wildman–Crippen MR) is 103 cm³/mol. The SMILES string of the molecule is CC(C)[NH+](CC(=O)c1ccc2c(c1)CCCCC2)Cc1ccccc1.[Cl-]. The van der Waals surface area contributed by atoms with Gasteiger partial charge in [-0.25, -0.2) is 0 Å². The fourth-order valence-corrected chi connectivity index (χ4v) is 3.72. The van der Waals surface area contributed by atoms with Crippen molar-refractivity contribution in [2.45, 2.75) is 58.5 Å². The third-order valence-electron chi connectivity index (χ3n) is 5.40. The Balaban J connectivity index is 0.00000243. The van der Waals surface area contributed by atoms with E-state index in [9.17, 15) is 4.79 Å². The number of fused-ring (bicyclic) bond motifs is 1. The van der Waals surface area contributed by atoms with Crippen LogP contribution in [-0.2, 0) is 19.4 Å². The molecule has 26 heavy (non-hydrogen) atoms. The molecule has 2 aromatic rings. The summed E-state index contributed by atoms with van der Waals surface area (Å²) >= 11 is 0. The Labute approximate surface area is 164 Å². The van der Waals surface area contributed by atoms with E-state index in [2.05, 4.69) is 50.2 Å². The fourth-order valence-electron chi connectivity index (χ4n) is 3.72. The first kappa shape index (κ1) is 20.7. The molecule has 0 bridgehead atoms. The minimum Gasteiger partial charge on any atom is -1.00 e. The first-order valence-corrected chi connectivity index (χ1v) is 9.67. The normalized spacial score (nSPS) is 14.9. The Morgan fingerprint density at radius 2 is 1.65 bits per heavy atom. The Morgan fingerprint density at radius 3 is 2.35 bits per heavy atom. The second-order valence-electron chi connectivity index (χ2n) is 7.62. The van der Waals surface area contributed by atoms with Crippen LogP contribution < -0.4 is 17.3 Å². The molecule has 0 saturated heterocycles. The zero-order valence-corrected chi connectivity index (χ0v) is 16.7. The molecule has 140 valence electrons. The van der Waals surface area contributed by atoms with Crippen LogP contribution in [0.5, 0.6) is 0 Å². The summed E-state index contributed by atoms with van der Waals surface area (Å²) in [5.74, 6) is 0.270. The number of halogens is 1. The minimum absolute atomic E-state index is 0. The first-order valence-electron chi connectivity index (χ1n) is 9.67. The van der Waals surface area contributed by atoms with Gasteiger partial charge < -0.3 is 17.3 Å². The number of hydrogen-bond donors (Lipinski definition) is 1. The molecule has 1 atom stereocenters. The van der Waals surface area contributed by atoms with Gasteiger partial charge >= 0.3 is 0 Å². The summed E-state index contributed by atoms with van der Waals surface area (Å²) in [4.78, 5) is 14.2. The van der Waals surface area contributed by atoms with E-state index in [4.69, 9.17) is 0 Å². The quantitative estimate of drug-likeness (QED) is 0.584. The molecule has 0 amide bonds. The summed E-state index contributed by atoms with van der Waals surface area (Å²) in [6.45, 7) is 5.85. The van der Waals surface area contributed by atoms with E-state index >= 15 is 0 Å². The maximum atomic E-state index is 12.9. The summed E-state index contributed by atoms with van der Waals surface area (Å²) in [5, 5.41) is 0. The molecule has 0 fully saturated rings. The van der Waals surface area contributed by atoms with E-state index in [1.165, 1.54) is 47.3 Å². The van der Waals surface area contributed by atoms with Crippen molar-refractivity contribution in [1.29, 1.82) is 0 Å². The molecule has 1 aliphatic rings. The van der Waals surface area contributed by atoms with Gasteiger partial charge in [-0.3, -0.25) is 4.79 Å². The number of quaternary nitrogens is 1. The lowest BCUT2D eigenvalue weighted by atomic mass is 9.98. The van der Waals surface area contributed by atoms with Crippen molar-refractivity contribution in [1.82, 2.24) is 0 Å². The number of ketones is 1. The molecule has 1 aliphatic carbocycles. The first-order chi connectivity index (χ1) is 12.1. The average Bonchev–Trinajstić information content (AvgIpc) is 2.86. The van der Waals surface area contributed by atoms with Gasteiger partial charge in [0.05, 0.1) is 6.04 Å². The van der Waals surface area contributed by atoms with Gasteiger partial charge in [-0.15, -0.1) is 0 Å². The second kappa shape index (κ2) is 9.89. The summed E-state index contributed by atoms with van der Waals surface area (Å²) < 4.78 is 0. The topological polar surface area (TPSA) is 21.5 Å². The van der Waals surface area contributed by atoms with Crippen LogP contribution in [0.3, 0.4) is 0 Å². The van der Waals surface area contributed by atoms with Crippen molar-refractivity contribution in [3.63, 3.8) is 0 Å². The number of aryl methyl sites for hydroxylation is 2. The molecular formula is C23H30ClNO. The maximum Gasteiger partial charge on any atom is 0.216 e. The van der Waals surface area contributed by atoms with Gasteiger partial charge in [0.2, 0.25) is 5.78 Å². The van der Waals surface area contributed by atoms with Crippen LogP contribution in [0.4, 0.5) is 0 Å². The number of carbonyl (C=O) groups excluding carboxylic acids is 1. The van der Waals surface area contributed by atoms with Crippen molar-refractivity contribution < 1.29 is 22.1 Å². The monoisotopic (exact) mass is 371 g/mol. The molecule has 1 unspecified atom stereocenters. The number of benzene rings is 2. The molecule has 0 aliphatic heterocycles. The summed E-state index contributed by atoms with van der Waals surface area (Å²) in [5.41, 5.74) is 5.04. The lowest BCUT2D eigenvalue weighted by Crippen LogP contribution is -3.14. The van der Waals surface area contributed by atoms with Crippen LogP contribution >= 0.6 is 0 Å². The Hall–Kier alpha value is -1.64. The third-order valence-corrected chi connectivity index (χ3v) is 5.40. The Kier molecular flexibility index (Phi) is 7.86. The maximum absolute atomic E-state index is 12.9. The van der Waals surface area contributed by atoms with E-state index in [1.807, 2.05) is 12.1 Å². The lowest BCUT2D eigenvalue weighted by molar-refractivity contribution is -0.926. The van der Waals surface area contributed by atoms with Crippen molar-refractivity contribution in [2.75, 3.05) is 6.54 Å². The summed E-state index contributed by atoms with van der Waals surface area (Å²) in [6, 6.07) is 17.3. The van der Waals surface area contributed by atoms with Gasteiger partial charge in [-0.2, -0.15) is 0 Å². The fraction of sp³-hybridized carbons (Fsp3) is 0.435. The molecular weight excluding hydrogens is 342 g/mol. The Bertz CT molecular complexity index is 711. The molecule has 1 N–H and O–H groups in total. The number of carbonyl (C=O) groups is 1. The predicted octanol–water partition coefficient (Wildman–Crippen LogP) is 0.636. The highest BCUT2D eigenvalue weighted by molar-refractivity contribution is 5.97. The van der Waals surface area contributed by atoms with Crippen LogP contribution in [0.1, 0.15) is 60.2 Å². The van der Waals surface area contributed by atoms with E-state index in [0.29, 0.717) is 12.6 Å². The van der Waals surface area contributed by atoms with Crippen LogP contribution in [0, 0.1) is 0 Å². The van der Waals surface area contributed by atoms with Crippen LogP contribution in [-0.4, -0.2) is 18.4 Å². The molecule has 0 spiro atoms. The molecule has 3 heteroatoms. The number of hydrogen-bond acceptors (Lipinski definition) is 1. The van der Waals surface area contributed by atoms with Crippen molar-refractivity contribution in [3.05, 3.63) is 70.8 Å². The summed E-state index contributed by atoms with van der Waals surface area (Å²) in [6.07, 6.45) is 6.13. The molecule has 0 saturated carbocycles. The largest absolute Gasteiger partial charge is 1.00 e. The molecule has 0 radical (unpaired) electrons. The highest BCUT2D eigenvalue weighted by atomic mass is 35.5. The smallest absolute Gasteiger partial charge is 0.216 e. The van der Waals surface area contributed by atoms with E-state index < -0.39 is 0 Å². The van der Waals surface area contributed by atoms with Crippen molar-refractivity contribution in [2.24, 2.45) is 0 Å². The summed E-state index contributed by atoms with van der Waals surface area (Å²) in [7, 11) is 0. The van der Waals surface area contributed by atoms with Gasteiger partial charge in [0.25, 0.3) is 0 Å². The van der Waals surface area contributed by atoms with Gasteiger partial charge in [-0.05, 0) is 56.7 Å².